The van der Waals surface area contributed by atoms with Gasteiger partial charge in [0.1, 0.15) is 0 Å². The molecule has 17 heavy (non-hydrogen) atoms. The first-order valence-corrected chi connectivity index (χ1v) is 8.20. The fraction of sp³-hybridized carbons (Fsp3) is 0.462. The van der Waals surface area contributed by atoms with Crippen LogP contribution in [0.2, 0.25) is 0 Å². The molecule has 0 spiro atoms. The molecule has 0 saturated heterocycles. The Morgan fingerprint density at radius 1 is 1.65 bits per heavy atom. The lowest BCUT2D eigenvalue weighted by atomic mass is 10.0. The Morgan fingerprint density at radius 3 is 3.18 bits per heavy atom. The number of fused-ring (bicyclic) bond motifs is 1. The SMILES string of the molecule is Cn1cc(SCCC#N)c2c1=CCC(CI)C=2. The number of hydrogen-bond donors (Lipinski definition) is 0. The van der Waals surface area contributed by atoms with Crippen LogP contribution in [0.4, 0.5) is 0 Å². The first kappa shape index (κ1) is 13.0. The zero-order valence-corrected chi connectivity index (χ0v) is 12.8. The smallest absolute Gasteiger partial charge is 0.0630 e. The van der Waals surface area contributed by atoms with Crippen LogP contribution >= 0.6 is 34.4 Å². The second-order valence-corrected chi connectivity index (χ2v) is 6.20. The van der Waals surface area contributed by atoms with E-state index in [0.717, 1.165) is 12.2 Å². The summed E-state index contributed by atoms with van der Waals surface area (Å²) >= 11 is 4.25. The molecule has 4 heteroatoms. The molecule has 1 aromatic rings. The molecule has 0 fully saturated rings. The molecule has 2 nitrogen and oxygen atoms in total. The van der Waals surface area contributed by atoms with Crippen molar-refractivity contribution >= 4 is 46.5 Å². The van der Waals surface area contributed by atoms with Crippen molar-refractivity contribution in [3.05, 3.63) is 16.8 Å². The van der Waals surface area contributed by atoms with Crippen LogP contribution in [0.15, 0.2) is 11.1 Å². The predicted molar refractivity (Wildman–Crippen MR) is 81.5 cm³/mol. The monoisotopic (exact) mass is 358 g/mol. The molecule has 1 aromatic heterocycles. The summed E-state index contributed by atoms with van der Waals surface area (Å²) in [5.74, 6) is 1.55. The minimum absolute atomic E-state index is 0.619. The number of rotatable bonds is 4. The zero-order valence-electron chi connectivity index (χ0n) is 9.82. The van der Waals surface area contributed by atoms with Gasteiger partial charge in [0.25, 0.3) is 0 Å². The average molecular weight is 358 g/mol. The minimum Gasteiger partial charge on any atom is -0.350 e. The number of nitrogens with zero attached hydrogens (tertiary/aromatic N) is 2. The van der Waals surface area contributed by atoms with Crippen molar-refractivity contribution in [2.24, 2.45) is 13.0 Å². The summed E-state index contributed by atoms with van der Waals surface area (Å²) in [5.41, 5.74) is 0. The molecule has 1 aliphatic rings. The van der Waals surface area contributed by atoms with Gasteiger partial charge in [-0.25, -0.2) is 0 Å². The third-order valence-corrected chi connectivity index (χ3v) is 5.09. The minimum atomic E-state index is 0.619. The van der Waals surface area contributed by atoms with Gasteiger partial charge >= 0.3 is 0 Å². The van der Waals surface area contributed by atoms with Crippen LogP contribution in [0.25, 0.3) is 12.2 Å². The van der Waals surface area contributed by atoms with Crippen LogP contribution < -0.4 is 10.6 Å². The lowest BCUT2D eigenvalue weighted by Crippen LogP contribution is -2.32. The molecule has 1 unspecified atom stereocenters. The number of aromatic nitrogens is 1. The van der Waals surface area contributed by atoms with Crippen molar-refractivity contribution < 1.29 is 0 Å². The molecule has 0 radical (unpaired) electrons. The Bertz CT molecular complexity index is 553. The van der Waals surface area contributed by atoms with Gasteiger partial charge in [-0.15, -0.1) is 11.8 Å². The van der Waals surface area contributed by atoms with E-state index >= 15 is 0 Å². The molecule has 0 N–H and O–H groups in total. The van der Waals surface area contributed by atoms with Gasteiger partial charge in [0, 0.05) is 45.3 Å². The van der Waals surface area contributed by atoms with Gasteiger partial charge < -0.3 is 4.57 Å². The van der Waals surface area contributed by atoms with Crippen LogP contribution in [0.1, 0.15) is 12.8 Å². The van der Waals surface area contributed by atoms with Gasteiger partial charge in [-0.3, -0.25) is 0 Å². The summed E-state index contributed by atoms with van der Waals surface area (Å²) in [7, 11) is 2.10. The molecule has 2 rings (SSSR count). The Kier molecular flexibility index (Phi) is 4.57. The average Bonchev–Trinajstić information content (AvgIpc) is 2.66. The zero-order chi connectivity index (χ0) is 12.3. The van der Waals surface area contributed by atoms with E-state index in [1.165, 1.54) is 19.9 Å². The molecule has 0 saturated carbocycles. The van der Waals surface area contributed by atoms with E-state index in [4.69, 9.17) is 5.26 Å². The summed E-state index contributed by atoms with van der Waals surface area (Å²) in [5, 5.41) is 11.3. The molecule has 90 valence electrons. The largest absolute Gasteiger partial charge is 0.350 e. The lowest BCUT2D eigenvalue weighted by Gasteiger charge is -2.09. The summed E-state index contributed by atoms with van der Waals surface area (Å²) < 4.78 is 3.37. The molecule has 1 heterocycles. The number of hydrogen-bond acceptors (Lipinski definition) is 2. The number of thioether (sulfide) groups is 1. The number of alkyl halides is 1. The highest BCUT2D eigenvalue weighted by Gasteiger charge is 2.11. The molecule has 0 amide bonds. The normalized spacial score (nSPS) is 17.8. The fourth-order valence-corrected chi connectivity index (χ4v) is 3.64. The lowest BCUT2D eigenvalue weighted by molar-refractivity contribution is 0.804. The van der Waals surface area contributed by atoms with E-state index in [9.17, 15) is 0 Å². The van der Waals surface area contributed by atoms with Crippen molar-refractivity contribution in [3.63, 3.8) is 0 Å². The highest BCUT2D eigenvalue weighted by molar-refractivity contribution is 14.1. The summed E-state index contributed by atoms with van der Waals surface area (Å²) in [6.45, 7) is 0. The van der Waals surface area contributed by atoms with Crippen LogP contribution in [-0.4, -0.2) is 14.7 Å². The second-order valence-electron chi connectivity index (χ2n) is 4.18. The highest BCUT2D eigenvalue weighted by Crippen LogP contribution is 2.17. The van der Waals surface area contributed by atoms with Gasteiger partial charge in [-0.2, -0.15) is 5.26 Å². The maximum absolute atomic E-state index is 8.58. The van der Waals surface area contributed by atoms with Gasteiger partial charge in [-0.1, -0.05) is 34.7 Å². The Labute approximate surface area is 120 Å². The van der Waals surface area contributed by atoms with Crippen molar-refractivity contribution in [1.82, 2.24) is 4.57 Å². The predicted octanol–water partition coefficient (Wildman–Crippen LogP) is 2.05. The molecule has 0 aliphatic heterocycles. The van der Waals surface area contributed by atoms with Gasteiger partial charge in [0.05, 0.1) is 6.07 Å². The molecule has 1 aliphatic carbocycles. The van der Waals surface area contributed by atoms with Gasteiger partial charge in [-0.05, 0) is 12.3 Å². The summed E-state index contributed by atoms with van der Waals surface area (Å²) in [4.78, 5) is 1.32. The maximum Gasteiger partial charge on any atom is 0.0630 e. The van der Waals surface area contributed by atoms with Crippen molar-refractivity contribution in [2.45, 2.75) is 17.7 Å². The van der Waals surface area contributed by atoms with E-state index < -0.39 is 0 Å². The quantitative estimate of drug-likeness (QED) is 0.357. The maximum atomic E-state index is 8.58. The van der Waals surface area contributed by atoms with Gasteiger partial charge in [0.2, 0.25) is 0 Å². The van der Waals surface area contributed by atoms with Crippen molar-refractivity contribution in [1.29, 1.82) is 5.26 Å². The summed E-state index contributed by atoms with van der Waals surface area (Å²) in [6, 6.07) is 2.20. The molecule has 1 atom stereocenters. The Balaban J connectivity index is 2.33. The van der Waals surface area contributed by atoms with Crippen LogP contribution in [0.5, 0.6) is 0 Å². The van der Waals surface area contributed by atoms with Crippen molar-refractivity contribution in [3.8, 4) is 6.07 Å². The standard InChI is InChI=1S/C13H15IN2S/c1-16-9-13(17-6-2-5-15)11-7-10(8-14)3-4-12(11)16/h4,7,9-10H,2-3,6,8H2,1H3. The Hall–Kier alpha value is -0.410. The third-order valence-electron chi connectivity index (χ3n) is 2.92. The topological polar surface area (TPSA) is 28.7 Å². The van der Waals surface area contributed by atoms with Crippen molar-refractivity contribution in [2.75, 3.05) is 10.2 Å². The number of nitriles is 1. The first-order chi connectivity index (χ1) is 8.26. The molecular formula is C13H15IN2S. The summed E-state index contributed by atoms with van der Waals surface area (Å²) in [6.07, 6.45) is 8.70. The van der Waals surface area contributed by atoms with Crippen LogP contribution in [-0.2, 0) is 7.05 Å². The third kappa shape index (κ3) is 2.89. The number of aryl methyl sites for hydroxylation is 1. The van der Waals surface area contributed by atoms with Crippen LogP contribution in [0, 0.1) is 17.2 Å². The Morgan fingerprint density at radius 2 is 2.47 bits per heavy atom. The van der Waals surface area contributed by atoms with E-state index in [1.54, 1.807) is 11.8 Å². The first-order valence-electron chi connectivity index (χ1n) is 5.69. The molecule has 0 bridgehead atoms. The van der Waals surface area contributed by atoms with E-state index in [0.29, 0.717) is 12.3 Å². The molecule has 0 aromatic carbocycles. The van der Waals surface area contributed by atoms with Crippen LogP contribution in [0.3, 0.4) is 0 Å². The number of halogens is 1. The highest BCUT2D eigenvalue weighted by atomic mass is 127. The van der Waals surface area contributed by atoms with Gasteiger partial charge in [0.15, 0.2) is 0 Å². The fourth-order valence-electron chi connectivity index (χ4n) is 2.05. The molecular weight excluding hydrogens is 343 g/mol. The van der Waals surface area contributed by atoms with E-state index in [1.807, 2.05) is 0 Å². The van der Waals surface area contributed by atoms with E-state index in [2.05, 4.69) is 58.6 Å². The second kappa shape index (κ2) is 5.96. The van der Waals surface area contributed by atoms with E-state index in [-0.39, 0.29) is 0 Å².